The first kappa shape index (κ1) is 21.2. The SMILES string of the molecule is N#CC1CC(F)(F)CN1C(=O)CNC(=O)c1ccncc1C=Cc1cc2ccccc2o1. The largest absolute Gasteiger partial charge is 0.457 e. The standard InChI is InChI=1S/C23H18F2N4O3/c24-23(25)10-17(11-26)29(14-23)21(30)13-28-22(31)19-7-8-27-12-16(19)5-6-18-9-15-3-1-2-4-20(15)32-18/h1-9,12,17H,10,13-14H2,(H,28,31). The molecule has 1 aliphatic heterocycles. The first-order valence-electron chi connectivity index (χ1n) is 9.82. The highest BCUT2D eigenvalue weighted by Crippen LogP contribution is 2.31. The van der Waals surface area contributed by atoms with Gasteiger partial charge in [0.05, 0.1) is 19.2 Å². The van der Waals surface area contributed by atoms with Gasteiger partial charge in [-0.1, -0.05) is 18.2 Å². The van der Waals surface area contributed by atoms with Gasteiger partial charge in [0.1, 0.15) is 17.4 Å². The first-order chi connectivity index (χ1) is 15.4. The van der Waals surface area contributed by atoms with E-state index in [1.807, 2.05) is 30.3 Å². The van der Waals surface area contributed by atoms with Gasteiger partial charge in [-0.2, -0.15) is 5.26 Å². The van der Waals surface area contributed by atoms with Crippen molar-refractivity contribution in [3.8, 4) is 6.07 Å². The van der Waals surface area contributed by atoms with Gasteiger partial charge in [0.2, 0.25) is 5.91 Å². The third-order valence-electron chi connectivity index (χ3n) is 5.11. The molecule has 0 bridgehead atoms. The van der Waals surface area contributed by atoms with Gasteiger partial charge < -0.3 is 14.6 Å². The van der Waals surface area contributed by atoms with E-state index in [1.54, 1.807) is 18.2 Å². The number of nitrogens with zero attached hydrogens (tertiary/aromatic N) is 3. The van der Waals surface area contributed by atoms with Crippen molar-refractivity contribution in [2.75, 3.05) is 13.1 Å². The number of para-hydroxylation sites is 1. The van der Waals surface area contributed by atoms with Crippen molar-refractivity contribution in [2.45, 2.75) is 18.4 Å². The lowest BCUT2D eigenvalue weighted by molar-refractivity contribution is -0.131. The number of carbonyl (C=O) groups is 2. The minimum atomic E-state index is -3.11. The molecule has 0 saturated carbocycles. The molecule has 1 atom stereocenters. The van der Waals surface area contributed by atoms with Gasteiger partial charge in [-0.3, -0.25) is 14.6 Å². The molecule has 3 heterocycles. The van der Waals surface area contributed by atoms with Crippen LogP contribution >= 0.6 is 0 Å². The molecule has 3 aromatic rings. The van der Waals surface area contributed by atoms with Crippen molar-refractivity contribution in [3.05, 3.63) is 65.7 Å². The number of fused-ring (bicyclic) bond motifs is 1. The summed E-state index contributed by atoms with van der Waals surface area (Å²) in [6.07, 6.45) is 5.58. The van der Waals surface area contributed by atoms with E-state index in [0.29, 0.717) is 11.3 Å². The van der Waals surface area contributed by atoms with Crippen LogP contribution in [0.2, 0.25) is 0 Å². The second kappa shape index (κ2) is 8.59. The van der Waals surface area contributed by atoms with Crippen LogP contribution in [0.25, 0.3) is 23.1 Å². The van der Waals surface area contributed by atoms with Crippen LogP contribution in [0.3, 0.4) is 0 Å². The summed E-state index contributed by atoms with van der Waals surface area (Å²) in [6.45, 7) is -1.33. The molecule has 1 N–H and O–H groups in total. The molecule has 4 rings (SSSR count). The van der Waals surface area contributed by atoms with E-state index in [-0.39, 0.29) is 5.56 Å². The second-order valence-corrected chi connectivity index (χ2v) is 7.39. The highest BCUT2D eigenvalue weighted by atomic mass is 19.3. The molecule has 0 spiro atoms. The number of hydrogen-bond acceptors (Lipinski definition) is 5. The number of halogens is 2. The van der Waals surface area contributed by atoms with Crippen LogP contribution in [0.5, 0.6) is 0 Å². The molecular formula is C23H18F2N4O3. The molecule has 7 nitrogen and oxygen atoms in total. The van der Waals surface area contributed by atoms with Gasteiger partial charge >= 0.3 is 0 Å². The molecule has 1 aliphatic rings. The molecule has 2 aromatic heterocycles. The minimum absolute atomic E-state index is 0.253. The second-order valence-electron chi connectivity index (χ2n) is 7.39. The summed E-state index contributed by atoms with van der Waals surface area (Å²) < 4.78 is 32.8. The van der Waals surface area contributed by atoms with Crippen LogP contribution in [-0.2, 0) is 4.79 Å². The molecule has 1 fully saturated rings. The Morgan fingerprint density at radius 2 is 2.12 bits per heavy atom. The number of nitrogens with one attached hydrogen (secondary N) is 1. The predicted octanol–water partition coefficient (Wildman–Crippen LogP) is 3.49. The van der Waals surface area contributed by atoms with Crippen molar-refractivity contribution >= 4 is 34.9 Å². The molecule has 9 heteroatoms. The van der Waals surface area contributed by atoms with Crippen molar-refractivity contribution < 1.29 is 22.8 Å². The Labute approximate surface area is 181 Å². The summed E-state index contributed by atoms with van der Waals surface area (Å²) >= 11 is 0. The number of hydrogen-bond donors (Lipinski definition) is 1. The fraction of sp³-hybridized carbons (Fsp3) is 0.217. The monoisotopic (exact) mass is 436 g/mol. The highest BCUT2D eigenvalue weighted by Gasteiger charge is 2.47. The van der Waals surface area contributed by atoms with E-state index in [1.165, 1.54) is 18.5 Å². The van der Waals surface area contributed by atoms with E-state index in [9.17, 15) is 18.4 Å². The summed E-state index contributed by atoms with van der Waals surface area (Å²) in [5.74, 6) is -3.83. The number of likely N-dealkylation sites (tertiary alicyclic amines) is 1. The number of aromatic nitrogens is 1. The quantitative estimate of drug-likeness (QED) is 0.660. The van der Waals surface area contributed by atoms with E-state index < -0.39 is 43.3 Å². The lowest BCUT2D eigenvalue weighted by atomic mass is 10.1. The van der Waals surface area contributed by atoms with E-state index in [2.05, 4.69) is 10.3 Å². The molecular weight excluding hydrogens is 418 g/mol. The third-order valence-corrected chi connectivity index (χ3v) is 5.11. The summed E-state index contributed by atoms with van der Waals surface area (Å²) in [4.78, 5) is 29.8. The summed E-state index contributed by atoms with van der Waals surface area (Å²) in [5.41, 5.74) is 1.47. The number of nitriles is 1. The summed E-state index contributed by atoms with van der Waals surface area (Å²) in [6, 6.07) is 11.4. The predicted molar refractivity (Wildman–Crippen MR) is 112 cm³/mol. The summed E-state index contributed by atoms with van der Waals surface area (Å²) in [5, 5.41) is 12.4. The number of rotatable bonds is 5. The molecule has 2 amide bonds. The van der Waals surface area contributed by atoms with Crippen LogP contribution in [0.15, 0.2) is 53.2 Å². The van der Waals surface area contributed by atoms with Crippen LogP contribution in [0.4, 0.5) is 8.78 Å². The third kappa shape index (κ3) is 4.49. The van der Waals surface area contributed by atoms with Crippen LogP contribution in [0, 0.1) is 11.3 Å². The van der Waals surface area contributed by atoms with Gasteiger partial charge in [-0.25, -0.2) is 8.78 Å². The smallest absolute Gasteiger partial charge is 0.268 e. The molecule has 32 heavy (non-hydrogen) atoms. The summed E-state index contributed by atoms with van der Waals surface area (Å²) in [7, 11) is 0. The number of amides is 2. The number of carbonyl (C=O) groups excluding carboxylic acids is 2. The zero-order chi connectivity index (χ0) is 22.7. The minimum Gasteiger partial charge on any atom is -0.457 e. The van der Waals surface area contributed by atoms with E-state index >= 15 is 0 Å². The Balaban J connectivity index is 1.44. The van der Waals surface area contributed by atoms with Gasteiger partial charge in [-0.05, 0) is 30.4 Å². The molecule has 0 radical (unpaired) electrons. The Morgan fingerprint density at radius 1 is 1.31 bits per heavy atom. The fourth-order valence-corrected chi connectivity index (χ4v) is 3.55. The molecule has 1 saturated heterocycles. The zero-order valence-corrected chi connectivity index (χ0v) is 16.8. The molecule has 0 aliphatic carbocycles. The van der Waals surface area contributed by atoms with Crippen LogP contribution in [0.1, 0.15) is 28.1 Å². The normalized spacial score (nSPS) is 17.5. The Morgan fingerprint density at radius 3 is 2.91 bits per heavy atom. The molecule has 1 aromatic carbocycles. The average molecular weight is 436 g/mol. The molecule has 162 valence electrons. The Kier molecular flexibility index (Phi) is 5.69. The van der Waals surface area contributed by atoms with Crippen molar-refractivity contribution in [1.29, 1.82) is 5.26 Å². The lowest BCUT2D eigenvalue weighted by Crippen LogP contribution is -2.43. The fourth-order valence-electron chi connectivity index (χ4n) is 3.55. The molecule has 1 unspecified atom stereocenters. The maximum Gasteiger partial charge on any atom is 0.268 e. The number of pyridine rings is 1. The van der Waals surface area contributed by atoms with Crippen LogP contribution in [-0.4, -0.2) is 46.8 Å². The van der Waals surface area contributed by atoms with Crippen molar-refractivity contribution in [2.24, 2.45) is 0 Å². The van der Waals surface area contributed by atoms with Crippen molar-refractivity contribution in [3.63, 3.8) is 0 Å². The number of alkyl halides is 2. The highest BCUT2D eigenvalue weighted by molar-refractivity contribution is 6.00. The van der Waals surface area contributed by atoms with E-state index in [0.717, 1.165) is 15.9 Å². The number of benzene rings is 1. The average Bonchev–Trinajstić information content (AvgIpc) is 3.35. The van der Waals surface area contributed by atoms with Gasteiger partial charge in [0, 0.05) is 35.3 Å². The maximum absolute atomic E-state index is 13.5. The number of furan rings is 1. The zero-order valence-electron chi connectivity index (χ0n) is 16.8. The van der Waals surface area contributed by atoms with Gasteiger partial charge in [0.25, 0.3) is 11.8 Å². The Bertz CT molecular complexity index is 1210. The van der Waals surface area contributed by atoms with Crippen LogP contribution < -0.4 is 5.32 Å². The first-order valence-corrected chi connectivity index (χ1v) is 9.82. The topological polar surface area (TPSA) is 99.2 Å². The maximum atomic E-state index is 13.5. The Hall–Kier alpha value is -4.06. The van der Waals surface area contributed by atoms with E-state index in [4.69, 9.17) is 9.68 Å². The van der Waals surface area contributed by atoms with Gasteiger partial charge in [-0.15, -0.1) is 0 Å². The lowest BCUT2D eigenvalue weighted by Gasteiger charge is -2.19. The van der Waals surface area contributed by atoms with Gasteiger partial charge in [0.15, 0.2) is 0 Å². The van der Waals surface area contributed by atoms with Crippen molar-refractivity contribution in [1.82, 2.24) is 15.2 Å².